The number of hydrogen-bond acceptors (Lipinski definition) is 2. The molecule has 0 amide bonds. The predicted molar refractivity (Wildman–Crippen MR) is 118 cm³/mol. The van der Waals surface area contributed by atoms with Crippen LogP contribution in [0.1, 0.15) is 29.9 Å². The van der Waals surface area contributed by atoms with E-state index in [1.807, 2.05) is 0 Å². The van der Waals surface area contributed by atoms with Gasteiger partial charge < -0.3 is 0 Å². The largest absolute Gasteiger partial charge is 0.258 e. The monoisotopic (exact) mass is 366 g/mol. The van der Waals surface area contributed by atoms with E-state index in [-0.39, 0.29) is 0 Å². The molecule has 0 aromatic heterocycles. The smallest absolute Gasteiger partial charge is 0.0142 e. The Morgan fingerprint density at radius 1 is 0.643 bits per heavy atom. The normalized spacial score (nSPS) is 17.8. The van der Waals surface area contributed by atoms with Crippen LogP contribution in [0.25, 0.3) is 21.5 Å². The van der Waals surface area contributed by atoms with Gasteiger partial charge in [-0.05, 0) is 51.4 Å². The van der Waals surface area contributed by atoms with Crippen LogP contribution in [0.4, 0.5) is 0 Å². The molecule has 1 aliphatic heterocycles. The SMILES string of the molecule is c1ccc2c(C(c3cccc4ccccc34)C3CCCNNC3)cccc2c1. The summed E-state index contributed by atoms with van der Waals surface area (Å²) >= 11 is 0. The number of fused-ring (bicyclic) bond motifs is 2. The average molecular weight is 367 g/mol. The molecule has 4 aromatic rings. The molecule has 0 radical (unpaired) electrons. The molecule has 0 spiro atoms. The van der Waals surface area contributed by atoms with Gasteiger partial charge in [0.25, 0.3) is 0 Å². The van der Waals surface area contributed by atoms with Gasteiger partial charge in [0, 0.05) is 19.0 Å². The minimum atomic E-state index is 0.365. The van der Waals surface area contributed by atoms with Crippen molar-refractivity contribution in [2.75, 3.05) is 13.1 Å². The van der Waals surface area contributed by atoms with Gasteiger partial charge in [-0.1, -0.05) is 84.9 Å². The summed E-state index contributed by atoms with van der Waals surface area (Å²) in [5, 5.41) is 5.40. The number of hydrazine groups is 1. The zero-order valence-electron chi connectivity index (χ0n) is 16.1. The lowest BCUT2D eigenvalue weighted by Gasteiger charge is -2.29. The van der Waals surface area contributed by atoms with Gasteiger partial charge in [-0.15, -0.1) is 0 Å². The third-order valence-corrected chi connectivity index (χ3v) is 6.15. The highest BCUT2D eigenvalue weighted by atomic mass is 15.3. The van der Waals surface area contributed by atoms with Gasteiger partial charge in [0.2, 0.25) is 0 Å². The van der Waals surface area contributed by atoms with Crippen molar-refractivity contribution in [3.63, 3.8) is 0 Å². The highest BCUT2D eigenvalue weighted by Crippen LogP contribution is 2.41. The minimum absolute atomic E-state index is 0.365. The molecule has 5 rings (SSSR count). The summed E-state index contributed by atoms with van der Waals surface area (Å²) in [6.45, 7) is 2.02. The van der Waals surface area contributed by atoms with E-state index < -0.39 is 0 Å². The second-order valence-electron chi connectivity index (χ2n) is 7.82. The van der Waals surface area contributed by atoms with Gasteiger partial charge in [0.15, 0.2) is 0 Å². The summed E-state index contributed by atoms with van der Waals surface area (Å²) < 4.78 is 0. The molecule has 140 valence electrons. The van der Waals surface area contributed by atoms with Crippen molar-refractivity contribution in [3.8, 4) is 0 Å². The zero-order chi connectivity index (χ0) is 18.8. The first-order valence-electron chi connectivity index (χ1n) is 10.3. The molecule has 4 aromatic carbocycles. The molecule has 2 nitrogen and oxygen atoms in total. The maximum absolute atomic E-state index is 3.46. The molecule has 1 aliphatic rings. The third-order valence-electron chi connectivity index (χ3n) is 6.15. The number of nitrogens with one attached hydrogen (secondary N) is 2. The molecule has 1 heterocycles. The van der Waals surface area contributed by atoms with Crippen LogP contribution < -0.4 is 10.9 Å². The van der Waals surface area contributed by atoms with Crippen LogP contribution in [0.15, 0.2) is 84.9 Å². The molecule has 0 saturated carbocycles. The summed E-state index contributed by atoms with van der Waals surface area (Å²) in [4.78, 5) is 0. The minimum Gasteiger partial charge on any atom is -0.258 e. The van der Waals surface area contributed by atoms with Crippen molar-refractivity contribution in [3.05, 3.63) is 96.1 Å². The maximum atomic E-state index is 3.46. The number of benzene rings is 4. The van der Waals surface area contributed by atoms with E-state index in [4.69, 9.17) is 0 Å². The van der Waals surface area contributed by atoms with E-state index in [1.165, 1.54) is 45.5 Å². The van der Waals surface area contributed by atoms with Crippen molar-refractivity contribution in [2.45, 2.75) is 18.8 Å². The van der Waals surface area contributed by atoms with Crippen LogP contribution in [0, 0.1) is 5.92 Å². The Kier molecular flexibility index (Phi) is 4.82. The fourth-order valence-electron chi connectivity index (χ4n) is 4.85. The Bertz CT molecular complexity index is 1000. The van der Waals surface area contributed by atoms with Crippen LogP contribution in [0.2, 0.25) is 0 Å². The van der Waals surface area contributed by atoms with Crippen LogP contribution in [-0.4, -0.2) is 13.1 Å². The Balaban J connectivity index is 1.75. The first-order chi connectivity index (χ1) is 13.9. The Labute approximate surface area is 166 Å². The van der Waals surface area contributed by atoms with E-state index in [0.717, 1.165) is 13.1 Å². The lowest BCUT2D eigenvalue weighted by molar-refractivity contribution is 0.423. The molecule has 1 saturated heterocycles. The van der Waals surface area contributed by atoms with Crippen molar-refractivity contribution < 1.29 is 0 Å². The number of rotatable bonds is 3. The quantitative estimate of drug-likeness (QED) is 0.491. The van der Waals surface area contributed by atoms with E-state index in [0.29, 0.717) is 11.8 Å². The molecule has 0 aliphatic carbocycles. The highest BCUT2D eigenvalue weighted by Gasteiger charge is 2.28. The lowest BCUT2D eigenvalue weighted by Crippen LogP contribution is -2.34. The van der Waals surface area contributed by atoms with Gasteiger partial charge in [0.05, 0.1) is 0 Å². The summed E-state index contributed by atoms with van der Waals surface area (Å²) in [5.74, 6) is 0.913. The topological polar surface area (TPSA) is 24.1 Å². The van der Waals surface area contributed by atoms with Gasteiger partial charge >= 0.3 is 0 Å². The van der Waals surface area contributed by atoms with Crippen molar-refractivity contribution in [2.24, 2.45) is 5.92 Å². The van der Waals surface area contributed by atoms with Gasteiger partial charge in [0.1, 0.15) is 0 Å². The predicted octanol–water partition coefficient (Wildman–Crippen LogP) is 5.63. The van der Waals surface area contributed by atoms with Crippen LogP contribution in [0.3, 0.4) is 0 Å². The standard InChI is InChI=1S/C26H26N2/c1-3-13-22-19(8-1)10-5-15-24(22)26(21-12-7-17-27-28-18-21)25-16-6-11-20-9-2-4-14-23(20)25/h1-6,8-11,13-16,21,26-28H,7,12,17-18H2. The number of hydrogen-bond donors (Lipinski definition) is 2. The second-order valence-corrected chi connectivity index (χ2v) is 7.82. The molecule has 1 unspecified atom stereocenters. The van der Waals surface area contributed by atoms with Gasteiger partial charge in [-0.3, -0.25) is 10.9 Å². The maximum Gasteiger partial charge on any atom is 0.0142 e. The third kappa shape index (κ3) is 3.19. The fourth-order valence-corrected chi connectivity index (χ4v) is 4.85. The van der Waals surface area contributed by atoms with E-state index >= 15 is 0 Å². The van der Waals surface area contributed by atoms with Gasteiger partial charge in [-0.25, -0.2) is 0 Å². The fraction of sp³-hybridized carbons (Fsp3) is 0.231. The summed E-state index contributed by atoms with van der Waals surface area (Å²) in [7, 11) is 0. The molecule has 2 N–H and O–H groups in total. The highest BCUT2D eigenvalue weighted by molar-refractivity contribution is 5.90. The lowest BCUT2D eigenvalue weighted by atomic mass is 9.75. The van der Waals surface area contributed by atoms with E-state index in [2.05, 4.69) is 95.8 Å². The zero-order valence-corrected chi connectivity index (χ0v) is 16.1. The molecule has 1 atom stereocenters. The average Bonchev–Trinajstić information content (AvgIpc) is 3.04. The van der Waals surface area contributed by atoms with Crippen LogP contribution >= 0.6 is 0 Å². The summed E-state index contributed by atoms with van der Waals surface area (Å²) in [6.07, 6.45) is 2.42. The van der Waals surface area contributed by atoms with Crippen LogP contribution in [0.5, 0.6) is 0 Å². The molecule has 28 heavy (non-hydrogen) atoms. The molecule has 1 fully saturated rings. The van der Waals surface area contributed by atoms with E-state index in [1.54, 1.807) is 0 Å². The Morgan fingerprint density at radius 2 is 1.21 bits per heavy atom. The Hall–Kier alpha value is -2.68. The molecular formula is C26H26N2. The first kappa shape index (κ1) is 17.4. The van der Waals surface area contributed by atoms with Crippen LogP contribution in [-0.2, 0) is 0 Å². The first-order valence-corrected chi connectivity index (χ1v) is 10.3. The van der Waals surface area contributed by atoms with Crippen molar-refractivity contribution >= 4 is 21.5 Å². The molecule has 2 heteroatoms. The summed E-state index contributed by atoms with van der Waals surface area (Å²) in [5.41, 5.74) is 9.72. The Morgan fingerprint density at radius 3 is 1.86 bits per heavy atom. The van der Waals surface area contributed by atoms with E-state index in [9.17, 15) is 0 Å². The summed E-state index contributed by atoms with van der Waals surface area (Å²) in [6, 6.07) is 31.2. The van der Waals surface area contributed by atoms with Crippen molar-refractivity contribution in [1.29, 1.82) is 0 Å². The van der Waals surface area contributed by atoms with Gasteiger partial charge in [-0.2, -0.15) is 0 Å². The second kappa shape index (κ2) is 7.75. The van der Waals surface area contributed by atoms with Crippen molar-refractivity contribution in [1.82, 2.24) is 10.9 Å². The molecule has 0 bridgehead atoms. The molecular weight excluding hydrogens is 340 g/mol.